The van der Waals surface area contributed by atoms with Gasteiger partial charge in [-0.1, -0.05) is 35.9 Å². The number of carbonyl (C=O) groups is 1. The number of hydrogen-bond acceptors (Lipinski definition) is 3. The number of carbonyl (C=O) groups excluding carboxylic acids is 1. The number of hydrogen-bond donors (Lipinski definition) is 0. The second kappa shape index (κ2) is 6.54. The summed E-state index contributed by atoms with van der Waals surface area (Å²) in [4.78, 5) is 19.6. The lowest BCUT2D eigenvalue weighted by molar-refractivity contribution is 0.0995. The maximum Gasteiger partial charge on any atom is 0.178 e. The van der Waals surface area contributed by atoms with Gasteiger partial charge in [0.25, 0.3) is 0 Å². The number of nitrogens with zero attached hydrogens (tertiary/aromatic N) is 2. The molecule has 130 valence electrons. The van der Waals surface area contributed by atoms with Gasteiger partial charge in [0, 0.05) is 16.6 Å². The summed E-state index contributed by atoms with van der Waals surface area (Å²) in [6, 6.07) is 16.3. The van der Waals surface area contributed by atoms with E-state index in [2.05, 4.69) is 54.8 Å². The third-order valence-corrected chi connectivity index (χ3v) is 5.58. The highest BCUT2D eigenvalue weighted by Gasteiger charge is 2.19. The number of aryl methyl sites for hydroxylation is 3. The number of Topliss-reactive ketones (excluding diaryl/α,β-unsaturated/α-hetero) is 1. The summed E-state index contributed by atoms with van der Waals surface area (Å²) in [5.41, 5.74) is 6.10. The van der Waals surface area contributed by atoms with Crippen LogP contribution in [0.25, 0.3) is 16.9 Å². The summed E-state index contributed by atoms with van der Waals surface area (Å²) in [7, 11) is 0. The standard InChI is InChI=1S/C22H20N2OS/c1-14-4-8-17(9-5-14)22-18(12-19(25)20-10-7-16(3)26-20)24-13-15(2)6-11-21(24)23-22/h4-11,13H,12H2,1-3H3. The maximum atomic E-state index is 12.9. The van der Waals surface area contributed by atoms with Crippen molar-refractivity contribution in [3.8, 4) is 11.3 Å². The molecule has 4 heteroatoms. The van der Waals surface area contributed by atoms with Gasteiger partial charge in [0.05, 0.1) is 22.7 Å². The first-order chi connectivity index (χ1) is 12.5. The van der Waals surface area contributed by atoms with Gasteiger partial charge in [-0.15, -0.1) is 11.3 Å². The van der Waals surface area contributed by atoms with Crippen molar-refractivity contribution in [2.75, 3.05) is 0 Å². The van der Waals surface area contributed by atoms with E-state index in [1.165, 1.54) is 5.56 Å². The highest BCUT2D eigenvalue weighted by atomic mass is 32.1. The number of rotatable bonds is 4. The molecule has 4 rings (SSSR count). The first-order valence-corrected chi connectivity index (χ1v) is 9.47. The van der Waals surface area contributed by atoms with E-state index in [1.54, 1.807) is 11.3 Å². The van der Waals surface area contributed by atoms with Crippen LogP contribution in [0.5, 0.6) is 0 Å². The Morgan fingerprint density at radius 1 is 0.962 bits per heavy atom. The van der Waals surface area contributed by atoms with Crippen molar-refractivity contribution >= 4 is 22.8 Å². The van der Waals surface area contributed by atoms with Gasteiger partial charge in [0.1, 0.15) is 5.65 Å². The Hall–Kier alpha value is -2.72. The molecular weight excluding hydrogens is 340 g/mol. The monoisotopic (exact) mass is 360 g/mol. The number of ketones is 1. The zero-order valence-corrected chi connectivity index (χ0v) is 15.9. The fraction of sp³-hybridized carbons (Fsp3) is 0.182. The highest BCUT2D eigenvalue weighted by molar-refractivity contribution is 7.14. The predicted octanol–water partition coefficient (Wildman–Crippen LogP) is 5.41. The lowest BCUT2D eigenvalue weighted by Crippen LogP contribution is -2.05. The molecule has 0 atom stereocenters. The van der Waals surface area contributed by atoms with Crippen LogP contribution in [0.4, 0.5) is 0 Å². The van der Waals surface area contributed by atoms with Crippen LogP contribution in [-0.2, 0) is 6.42 Å². The van der Waals surface area contributed by atoms with Crippen LogP contribution in [0.2, 0.25) is 0 Å². The number of pyridine rings is 1. The number of fused-ring (bicyclic) bond motifs is 1. The third-order valence-electron chi connectivity index (χ3n) is 4.53. The van der Waals surface area contributed by atoms with Gasteiger partial charge in [-0.25, -0.2) is 4.98 Å². The van der Waals surface area contributed by atoms with Crippen molar-refractivity contribution in [1.82, 2.24) is 9.38 Å². The molecule has 0 spiro atoms. The molecule has 0 amide bonds. The molecule has 0 aliphatic heterocycles. The van der Waals surface area contributed by atoms with Crippen LogP contribution >= 0.6 is 11.3 Å². The molecule has 3 aromatic heterocycles. The molecular formula is C22H20N2OS. The molecule has 0 aliphatic carbocycles. The Morgan fingerprint density at radius 3 is 2.38 bits per heavy atom. The minimum Gasteiger partial charge on any atom is -0.303 e. The van der Waals surface area contributed by atoms with Crippen LogP contribution in [0.3, 0.4) is 0 Å². The molecule has 3 heterocycles. The van der Waals surface area contributed by atoms with E-state index < -0.39 is 0 Å². The molecule has 0 saturated heterocycles. The fourth-order valence-electron chi connectivity index (χ4n) is 3.13. The van der Waals surface area contributed by atoms with Crippen LogP contribution in [-0.4, -0.2) is 15.2 Å². The number of imidazole rings is 1. The fourth-order valence-corrected chi connectivity index (χ4v) is 3.94. The molecule has 1 aromatic carbocycles. The topological polar surface area (TPSA) is 34.4 Å². The second-order valence-electron chi connectivity index (χ2n) is 6.72. The maximum absolute atomic E-state index is 12.9. The second-order valence-corrected chi connectivity index (χ2v) is 8.01. The predicted molar refractivity (Wildman–Crippen MR) is 107 cm³/mol. The third kappa shape index (κ3) is 3.08. The quantitative estimate of drug-likeness (QED) is 0.456. The summed E-state index contributed by atoms with van der Waals surface area (Å²) >= 11 is 1.55. The Bertz CT molecular complexity index is 1100. The van der Waals surface area contributed by atoms with Gasteiger partial charge in [-0.2, -0.15) is 0 Å². The summed E-state index contributed by atoms with van der Waals surface area (Å²) < 4.78 is 2.06. The lowest BCUT2D eigenvalue weighted by atomic mass is 10.0. The van der Waals surface area contributed by atoms with Crippen molar-refractivity contribution in [2.24, 2.45) is 0 Å². The largest absolute Gasteiger partial charge is 0.303 e. The molecule has 0 aliphatic rings. The highest BCUT2D eigenvalue weighted by Crippen LogP contribution is 2.27. The first-order valence-electron chi connectivity index (χ1n) is 8.65. The summed E-state index contributed by atoms with van der Waals surface area (Å²) in [5, 5.41) is 0. The molecule has 0 fully saturated rings. The van der Waals surface area contributed by atoms with Gasteiger partial charge in [0.15, 0.2) is 5.78 Å². The van der Waals surface area contributed by atoms with Crippen molar-refractivity contribution < 1.29 is 4.79 Å². The van der Waals surface area contributed by atoms with Gasteiger partial charge >= 0.3 is 0 Å². The molecule has 26 heavy (non-hydrogen) atoms. The molecule has 0 saturated carbocycles. The van der Waals surface area contributed by atoms with Crippen molar-refractivity contribution in [2.45, 2.75) is 27.2 Å². The molecule has 0 unspecified atom stereocenters. The van der Waals surface area contributed by atoms with E-state index >= 15 is 0 Å². The number of aromatic nitrogens is 2. The molecule has 3 nitrogen and oxygen atoms in total. The minimum absolute atomic E-state index is 0.139. The van der Waals surface area contributed by atoms with E-state index in [-0.39, 0.29) is 5.78 Å². The van der Waals surface area contributed by atoms with E-state index in [1.807, 2.05) is 25.1 Å². The van der Waals surface area contributed by atoms with E-state index in [9.17, 15) is 4.79 Å². The van der Waals surface area contributed by atoms with Gasteiger partial charge in [-0.05, 0) is 44.5 Å². The smallest absolute Gasteiger partial charge is 0.178 e. The zero-order chi connectivity index (χ0) is 18.3. The van der Waals surface area contributed by atoms with Gasteiger partial charge in [-0.3, -0.25) is 4.79 Å². The van der Waals surface area contributed by atoms with Crippen molar-refractivity contribution in [3.05, 3.63) is 81.3 Å². The Labute approximate surface area is 157 Å². The summed E-state index contributed by atoms with van der Waals surface area (Å²) in [6.45, 7) is 6.15. The van der Waals surface area contributed by atoms with E-state index in [0.717, 1.165) is 37.9 Å². The van der Waals surface area contributed by atoms with Crippen LogP contribution in [0.15, 0.2) is 54.7 Å². The molecule has 0 bridgehead atoms. The zero-order valence-electron chi connectivity index (χ0n) is 15.1. The first kappa shape index (κ1) is 16.7. The molecule has 4 aromatic rings. The van der Waals surface area contributed by atoms with Crippen LogP contribution < -0.4 is 0 Å². The average molecular weight is 360 g/mol. The normalized spacial score (nSPS) is 11.2. The minimum atomic E-state index is 0.139. The Balaban J connectivity index is 1.84. The Kier molecular flexibility index (Phi) is 4.21. The molecule has 0 radical (unpaired) electrons. The average Bonchev–Trinajstić information content (AvgIpc) is 3.20. The molecule has 0 N–H and O–H groups in total. The number of benzene rings is 1. The number of thiophene rings is 1. The van der Waals surface area contributed by atoms with Gasteiger partial charge in [0.2, 0.25) is 0 Å². The Morgan fingerprint density at radius 2 is 1.69 bits per heavy atom. The van der Waals surface area contributed by atoms with E-state index in [4.69, 9.17) is 4.98 Å². The lowest BCUT2D eigenvalue weighted by Gasteiger charge is -2.06. The van der Waals surface area contributed by atoms with Crippen LogP contribution in [0.1, 0.15) is 31.4 Å². The summed E-state index contributed by atoms with van der Waals surface area (Å²) in [5.74, 6) is 0.139. The van der Waals surface area contributed by atoms with Crippen molar-refractivity contribution in [3.63, 3.8) is 0 Å². The van der Waals surface area contributed by atoms with Gasteiger partial charge < -0.3 is 4.40 Å². The van der Waals surface area contributed by atoms with Crippen molar-refractivity contribution in [1.29, 1.82) is 0 Å². The SMILES string of the molecule is Cc1ccc(-c2nc3ccc(C)cn3c2CC(=O)c2ccc(C)s2)cc1. The summed E-state index contributed by atoms with van der Waals surface area (Å²) in [6.07, 6.45) is 2.40. The van der Waals surface area contributed by atoms with Crippen LogP contribution in [0, 0.1) is 20.8 Å². The van der Waals surface area contributed by atoms with E-state index in [0.29, 0.717) is 6.42 Å².